The van der Waals surface area contributed by atoms with E-state index < -0.39 is 17.7 Å². The zero-order valence-corrected chi connectivity index (χ0v) is 13.9. The van der Waals surface area contributed by atoms with Crippen LogP contribution in [-0.2, 0) is 17.9 Å². The van der Waals surface area contributed by atoms with Gasteiger partial charge in [-0.05, 0) is 17.7 Å². The second-order valence-corrected chi connectivity index (χ2v) is 5.69. The smallest absolute Gasteiger partial charge is 0.338 e. The SMILES string of the molecule is O=C(Cn1cc(C(=O)O)cn1)Nc1ncn(Cc2ccc(F)cc2Cl)n1. The molecule has 3 rings (SSSR count). The summed E-state index contributed by atoms with van der Waals surface area (Å²) >= 11 is 5.96. The van der Waals surface area contributed by atoms with Crippen LogP contribution in [0.15, 0.2) is 36.9 Å². The molecule has 0 aliphatic rings. The van der Waals surface area contributed by atoms with Crippen molar-refractivity contribution >= 4 is 29.4 Å². The van der Waals surface area contributed by atoms with Gasteiger partial charge in [0.15, 0.2) is 0 Å². The lowest BCUT2D eigenvalue weighted by molar-refractivity contribution is -0.117. The summed E-state index contributed by atoms with van der Waals surface area (Å²) in [7, 11) is 0. The molecular weight excluding hydrogens is 367 g/mol. The minimum atomic E-state index is -1.13. The van der Waals surface area contributed by atoms with Crippen molar-refractivity contribution < 1.29 is 19.1 Å². The third-order valence-corrected chi connectivity index (χ3v) is 3.67. The van der Waals surface area contributed by atoms with Gasteiger partial charge in [0.05, 0.1) is 18.3 Å². The lowest BCUT2D eigenvalue weighted by atomic mass is 10.2. The number of halogens is 2. The minimum Gasteiger partial charge on any atom is -0.478 e. The van der Waals surface area contributed by atoms with Crippen molar-refractivity contribution in [2.24, 2.45) is 0 Å². The molecule has 26 heavy (non-hydrogen) atoms. The normalized spacial score (nSPS) is 10.7. The van der Waals surface area contributed by atoms with Gasteiger partial charge in [0.2, 0.25) is 11.9 Å². The summed E-state index contributed by atoms with van der Waals surface area (Å²) in [6.45, 7) is 0.0642. The van der Waals surface area contributed by atoms with Crippen molar-refractivity contribution in [3.05, 3.63) is 58.9 Å². The molecule has 11 heteroatoms. The van der Waals surface area contributed by atoms with Crippen LogP contribution in [0.2, 0.25) is 5.02 Å². The first kappa shape index (κ1) is 17.5. The van der Waals surface area contributed by atoms with E-state index in [-0.39, 0.29) is 29.6 Å². The van der Waals surface area contributed by atoms with Crippen molar-refractivity contribution in [3.63, 3.8) is 0 Å². The van der Waals surface area contributed by atoms with Crippen LogP contribution < -0.4 is 5.32 Å². The third kappa shape index (κ3) is 4.22. The second-order valence-electron chi connectivity index (χ2n) is 5.28. The first-order valence-electron chi connectivity index (χ1n) is 7.29. The number of carbonyl (C=O) groups is 2. The van der Waals surface area contributed by atoms with Gasteiger partial charge in [-0.2, -0.15) is 5.10 Å². The van der Waals surface area contributed by atoms with Gasteiger partial charge >= 0.3 is 5.97 Å². The number of hydrogen-bond donors (Lipinski definition) is 2. The molecule has 134 valence electrons. The van der Waals surface area contributed by atoms with E-state index in [2.05, 4.69) is 20.5 Å². The Morgan fingerprint density at radius 2 is 2.12 bits per heavy atom. The van der Waals surface area contributed by atoms with Crippen molar-refractivity contribution in [1.82, 2.24) is 24.5 Å². The summed E-state index contributed by atoms with van der Waals surface area (Å²) in [5, 5.41) is 19.4. The number of carboxylic acids is 1. The van der Waals surface area contributed by atoms with Crippen LogP contribution in [0.4, 0.5) is 10.3 Å². The Hall–Kier alpha value is -3.27. The Morgan fingerprint density at radius 1 is 1.31 bits per heavy atom. The molecule has 1 aromatic carbocycles. The molecule has 0 spiro atoms. The quantitative estimate of drug-likeness (QED) is 0.674. The Labute approximate surface area is 151 Å². The molecule has 0 saturated heterocycles. The summed E-state index contributed by atoms with van der Waals surface area (Å²) in [5.74, 6) is -1.96. The van der Waals surface area contributed by atoms with Crippen LogP contribution in [0.25, 0.3) is 0 Å². The molecule has 0 radical (unpaired) electrons. The number of nitrogens with zero attached hydrogens (tertiary/aromatic N) is 5. The number of carbonyl (C=O) groups excluding carboxylic acids is 1. The number of aromatic nitrogens is 5. The van der Waals surface area contributed by atoms with Crippen molar-refractivity contribution in [1.29, 1.82) is 0 Å². The highest BCUT2D eigenvalue weighted by atomic mass is 35.5. The summed E-state index contributed by atoms with van der Waals surface area (Å²) in [5.41, 5.74) is 0.630. The monoisotopic (exact) mass is 378 g/mol. The molecule has 2 N–H and O–H groups in total. The van der Waals surface area contributed by atoms with Gasteiger partial charge in [-0.1, -0.05) is 17.7 Å². The van der Waals surface area contributed by atoms with Gasteiger partial charge in [0, 0.05) is 11.2 Å². The van der Waals surface area contributed by atoms with Gasteiger partial charge in [0.25, 0.3) is 0 Å². The molecule has 2 aromatic heterocycles. The fraction of sp³-hybridized carbons (Fsp3) is 0.133. The van der Waals surface area contributed by atoms with Crippen LogP contribution in [0.5, 0.6) is 0 Å². The predicted octanol–water partition coefficient (Wildman–Crippen LogP) is 1.65. The van der Waals surface area contributed by atoms with E-state index in [1.807, 2.05) is 0 Å². The van der Waals surface area contributed by atoms with E-state index in [0.717, 1.165) is 6.20 Å². The van der Waals surface area contributed by atoms with Crippen molar-refractivity contribution in [2.45, 2.75) is 13.1 Å². The van der Waals surface area contributed by atoms with Gasteiger partial charge < -0.3 is 5.11 Å². The molecule has 0 aliphatic carbocycles. The number of amides is 1. The number of carboxylic acid groups (broad SMARTS) is 1. The van der Waals surface area contributed by atoms with Gasteiger partial charge in [-0.25, -0.2) is 18.9 Å². The first-order valence-corrected chi connectivity index (χ1v) is 7.67. The summed E-state index contributed by atoms with van der Waals surface area (Å²) in [6.07, 6.45) is 3.78. The number of rotatable bonds is 6. The fourth-order valence-corrected chi connectivity index (χ4v) is 2.35. The van der Waals surface area contributed by atoms with E-state index in [1.165, 1.54) is 40.1 Å². The molecule has 0 atom stereocenters. The van der Waals surface area contributed by atoms with Gasteiger partial charge in [-0.3, -0.25) is 14.8 Å². The Bertz CT molecular complexity index is 970. The summed E-state index contributed by atoms with van der Waals surface area (Å²) < 4.78 is 15.7. The number of aromatic carboxylic acids is 1. The largest absolute Gasteiger partial charge is 0.478 e. The van der Waals surface area contributed by atoms with E-state index in [1.54, 1.807) is 0 Å². The molecule has 2 heterocycles. The minimum absolute atomic E-state index is 0.0172. The number of hydrogen-bond acceptors (Lipinski definition) is 5. The van der Waals surface area contributed by atoms with E-state index in [9.17, 15) is 14.0 Å². The molecular formula is C15H12ClFN6O3. The zero-order valence-electron chi connectivity index (χ0n) is 13.1. The average Bonchev–Trinajstić information content (AvgIpc) is 3.20. The van der Waals surface area contributed by atoms with Crippen LogP contribution in [0.3, 0.4) is 0 Å². The standard InChI is InChI=1S/C15H12ClFN6O3/c16-12-3-11(17)2-1-9(12)5-23-8-18-15(21-23)20-13(24)7-22-6-10(4-19-22)14(25)26/h1-4,6,8H,5,7H2,(H,25,26)(H,20,21,24). The highest BCUT2D eigenvalue weighted by Crippen LogP contribution is 2.18. The van der Waals surface area contributed by atoms with Crippen molar-refractivity contribution in [3.8, 4) is 0 Å². The number of nitrogens with one attached hydrogen (secondary N) is 1. The van der Waals surface area contributed by atoms with Crippen LogP contribution in [0, 0.1) is 5.82 Å². The molecule has 9 nitrogen and oxygen atoms in total. The fourth-order valence-electron chi connectivity index (χ4n) is 2.12. The van der Waals surface area contributed by atoms with Gasteiger partial charge in [0.1, 0.15) is 18.7 Å². The summed E-state index contributed by atoms with van der Waals surface area (Å²) in [4.78, 5) is 26.7. The topological polar surface area (TPSA) is 115 Å². The third-order valence-electron chi connectivity index (χ3n) is 3.32. The number of anilines is 1. The van der Waals surface area contributed by atoms with Crippen LogP contribution in [-0.4, -0.2) is 41.5 Å². The highest BCUT2D eigenvalue weighted by Gasteiger charge is 2.11. The molecule has 0 aliphatic heterocycles. The van der Waals surface area contributed by atoms with Crippen LogP contribution >= 0.6 is 11.6 Å². The molecule has 0 bridgehead atoms. The number of benzene rings is 1. The Morgan fingerprint density at radius 3 is 2.81 bits per heavy atom. The Kier molecular flexibility index (Phi) is 4.94. The van der Waals surface area contributed by atoms with Crippen LogP contribution in [0.1, 0.15) is 15.9 Å². The maximum atomic E-state index is 13.1. The Balaban J connectivity index is 1.60. The van der Waals surface area contributed by atoms with E-state index in [0.29, 0.717) is 5.56 Å². The molecule has 0 fully saturated rings. The van der Waals surface area contributed by atoms with E-state index >= 15 is 0 Å². The molecule has 0 saturated carbocycles. The average molecular weight is 379 g/mol. The lowest BCUT2D eigenvalue weighted by Crippen LogP contribution is -2.20. The maximum Gasteiger partial charge on any atom is 0.338 e. The second kappa shape index (κ2) is 7.31. The van der Waals surface area contributed by atoms with Crippen molar-refractivity contribution in [2.75, 3.05) is 5.32 Å². The molecule has 0 unspecified atom stereocenters. The first-order chi connectivity index (χ1) is 12.4. The van der Waals surface area contributed by atoms with E-state index in [4.69, 9.17) is 16.7 Å². The summed E-state index contributed by atoms with van der Waals surface area (Å²) in [6, 6.07) is 4.03. The highest BCUT2D eigenvalue weighted by molar-refractivity contribution is 6.31. The van der Waals surface area contributed by atoms with Gasteiger partial charge in [-0.15, -0.1) is 5.10 Å². The molecule has 3 aromatic rings. The zero-order chi connectivity index (χ0) is 18.7. The maximum absolute atomic E-state index is 13.1. The molecule has 1 amide bonds. The lowest BCUT2D eigenvalue weighted by Gasteiger charge is -2.04. The predicted molar refractivity (Wildman–Crippen MR) is 88.4 cm³/mol.